The predicted molar refractivity (Wildman–Crippen MR) is 112 cm³/mol. The zero-order chi connectivity index (χ0) is 17.4. The van der Waals surface area contributed by atoms with E-state index >= 15 is 0 Å². The zero-order valence-corrected chi connectivity index (χ0v) is 17.3. The monoisotopic (exact) mass is 476 g/mol. The fourth-order valence-electron chi connectivity index (χ4n) is 1.98. The third-order valence-electron chi connectivity index (χ3n) is 3.08. The molecule has 1 amide bonds. The average Bonchev–Trinajstić information content (AvgIpc) is 2.98. The van der Waals surface area contributed by atoms with E-state index < -0.39 is 0 Å². The third-order valence-corrected chi connectivity index (χ3v) is 4.08. The molecule has 3 N–H and O–H groups in total. The number of thiophene rings is 1. The third kappa shape index (κ3) is 7.82. The summed E-state index contributed by atoms with van der Waals surface area (Å²) >= 11 is 1.72. The molecule has 2 aromatic rings. The summed E-state index contributed by atoms with van der Waals surface area (Å²) in [6, 6.07) is 9.76. The van der Waals surface area contributed by atoms with Gasteiger partial charge < -0.3 is 16.0 Å². The number of hydrogen-bond donors (Lipinski definition) is 3. The molecule has 0 radical (unpaired) electrons. The lowest BCUT2D eigenvalue weighted by Gasteiger charge is -2.10. The molecule has 0 spiro atoms. The van der Waals surface area contributed by atoms with Crippen LogP contribution in [0.2, 0.25) is 0 Å². The number of rotatable bonds is 6. The van der Waals surface area contributed by atoms with E-state index in [0.717, 1.165) is 0 Å². The Balaban J connectivity index is 0.00000312. The molecule has 0 aliphatic rings. The van der Waals surface area contributed by atoms with Crippen LogP contribution in [-0.4, -0.2) is 25.0 Å². The van der Waals surface area contributed by atoms with Gasteiger partial charge in [-0.05, 0) is 50.2 Å². The smallest absolute Gasteiger partial charge is 0.246 e. The largest absolute Gasteiger partial charge is 0.357 e. The van der Waals surface area contributed by atoms with Crippen LogP contribution in [0.25, 0.3) is 0 Å². The number of nitrogens with zero attached hydrogens (tertiary/aromatic N) is 1. The van der Waals surface area contributed by atoms with Crippen molar-refractivity contribution in [3.05, 3.63) is 52.0 Å². The number of aliphatic imine (C=N–C) groups is 1. The lowest BCUT2D eigenvalue weighted by atomic mass is 10.3. The lowest BCUT2D eigenvalue weighted by Crippen LogP contribution is -2.37. The van der Waals surface area contributed by atoms with Gasteiger partial charge >= 0.3 is 0 Å². The first kappa shape index (κ1) is 21.4. The van der Waals surface area contributed by atoms with Crippen molar-refractivity contribution in [2.45, 2.75) is 20.4 Å². The van der Waals surface area contributed by atoms with E-state index in [1.807, 2.05) is 6.92 Å². The molecule has 0 saturated heterocycles. The Morgan fingerprint density at radius 1 is 1.16 bits per heavy atom. The molecule has 25 heavy (non-hydrogen) atoms. The van der Waals surface area contributed by atoms with E-state index in [1.54, 1.807) is 11.3 Å². The molecular formula is C17H22FIN4OS. The van der Waals surface area contributed by atoms with Gasteiger partial charge in [0.2, 0.25) is 5.91 Å². The maximum atomic E-state index is 12.8. The van der Waals surface area contributed by atoms with Gasteiger partial charge in [-0.1, -0.05) is 0 Å². The Labute approximate surface area is 168 Å². The van der Waals surface area contributed by atoms with E-state index in [0.29, 0.717) is 24.7 Å². The average molecular weight is 476 g/mol. The van der Waals surface area contributed by atoms with Crippen LogP contribution in [0.3, 0.4) is 0 Å². The topological polar surface area (TPSA) is 65.5 Å². The van der Waals surface area contributed by atoms with E-state index in [1.165, 1.54) is 34.0 Å². The fraction of sp³-hybridized carbons (Fsp3) is 0.294. The molecule has 0 atom stereocenters. The Morgan fingerprint density at radius 2 is 1.88 bits per heavy atom. The van der Waals surface area contributed by atoms with E-state index in [9.17, 15) is 9.18 Å². The molecule has 5 nitrogen and oxygen atoms in total. The number of nitrogens with one attached hydrogen (secondary N) is 3. The van der Waals surface area contributed by atoms with E-state index in [2.05, 4.69) is 40.0 Å². The van der Waals surface area contributed by atoms with Crippen molar-refractivity contribution in [2.75, 3.05) is 18.4 Å². The number of aryl methyl sites for hydroxylation is 1. The minimum Gasteiger partial charge on any atom is -0.357 e. The minimum absolute atomic E-state index is 0. The van der Waals surface area contributed by atoms with Crippen molar-refractivity contribution in [2.24, 2.45) is 4.99 Å². The molecule has 0 aliphatic carbocycles. The van der Waals surface area contributed by atoms with Crippen molar-refractivity contribution in [1.29, 1.82) is 0 Å². The van der Waals surface area contributed by atoms with Gasteiger partial charge in [-0.3, -0.25) is 4.79 Å². The van der Waals surface area contributed by atoms with Gasteiger partial charge in [0.25, 0.3) is 0 Å². The van der Waals surface area contributed by atoms with Crippen LogP contribution in [0.5, 0.6) is 0 Å². The highest BCUT2D eigenvalue weighted by Crippen LogP contribution is 2.14. The van der Waals surface area contributed by atoms with Gasteiger partial charge in [-0.25, -0.2) is 9.38 Å². The van der Waals surface area contributed by atoms with Crippen LogP contribution in [-0.2, 0) is 11.3 Å². The van der Waals surface area contributed by atoms with Gasteiger partial charge in [0, 0.05) is 22.0 Å². The first-order valence-corrected chi connectivity index (χ1v) is 8.51. The normalized spacial score (nSPS) is 10.8. The molecule has 0 bridgehead atoms. The molecule has 0 saturated carbocycles. The van der Waals surface area contributed by atoms with Crippen LogP contribution in [0.1, 0.15) is 16.7 Å². The highest BCUT2D eigenvalue weighted by atomic mass is 127. The second kappa shape index (κ2) is 11.0. The summed E-state index contributed by atoms with van der Waals surface area (Å²) in [5.41, 5.74) is 0.545. The molecule has 0 unspecified atom stereocenters. The van der Waals surface area contributed by atoms with Crippen LogP contribution in [0.15, 0.2) is 41.4 Å². The molecule has 0 fully saturated rings. The van der Waals surface area contributed by atoms with Gasteiger partial charge in [0.15, 0.2) is 5.96 Å². The van der Waals surface area contributed by atoms with Gasteiger partial charge in [0.05, 0.1) is 6.54 Å². The van der Waals surface area contributed by atoms with E-state index in [4.69, 9.17) is 0 Å². The number of halogens is 2. The number of carbonyl (C=O) groups is 1. The first-order valence-electron chi connectivity index (χ1n) is 7.69. The standard InChI is InChI=1S/C17H21FN4OS.HI/c1-3-19-17(20-10-15-9-4-12(2)24-15)21-11-16(23)22-14-7-5-13(18)6-8-14;/h4-9H,3,10-11H2,1-2H3,(H,22,23)(H2,19,20,21);1H. The van der Waals surface area contributed by atoms with Crippen molar-refractivity contribution >= 4 is 52.9 Å². The van der Waals surface area contributed by atoms with Crippen molar-refractivity contribution < 1.29 is 9.18 Å². The van der Waals surface area contributed by atoms with Crippen LogP contribution in [0.4, 0.5) is 10.1 Å². The van der Waals surface area contributed by atoms with Crippen molar-refractivity contribution in [3.8, 4) is 0 Å². The Hall–Kier alpha value is -1.68. The fourth-order valence-corrected chi connectivity index (χ4v) is 2.81. The molecule has 136 valence electrons. The molecule has 8 heteroatoms. The van der Waals surface area contributed by atoms with Gasteiger partial charge in [-0.2, -0.15) is 0 Å². The van der Waals surface area contributed by atoms with Gasteiger partial charge in [0.1, 0.15) is 12.4 Å². The van der Waals surface area contributed by atoms with Crippen LogP contribution >= 0.6 is 35.3 Å². The summed E-state index contributed by atoms with van der Waals surface area (Å²) in [6.45, 7) is 5.37. The molecule has 2 rings (SSSR count). The summed E-state index contributed by atoms with van der Waals surface area (Å²) in [7, 11) is 0. The minimum atomic E-state index is -0.339. The van der Waals surface area contributed by atoms with Gasteiger partial charge in [-0.15, -0.1) is 35.3 Å². The van der Waals surface area contributed by atoms with Crippen LogP contribution < -0.4 is 16.0 Å². The van der Waals surface area contributed by atoms with Crippen LogP contribution in [0, 0.1) is 12.7 Å². The SMILES string of the molecule is CCNC(=NCC(=O)Nc1ccc(F)cc1)NCc1ccc(C)s1.I. The first-order chi connectivity index (χ1) is 11.6. The second-order valence-corrected chi connectivity index (χ2v) is 6.49. The molecule has 1 aromatic carbocycles. The second-order valence-electron chi connectivity index (χ2n) is 5.12. The number of benzene rings is 1. The highest BCUT2D eigenvalue weighted by Gasteiger charge is 2.04. The van der Waals surface area contributed by atoms with Crippen molar-refractivity contribution in [3.63, 3.8) is 0 Å². The summed E-state index contributed by atoms with van der Waals surface area (Å²) in [5.74, 6) is -0.0166. The zero-order valence-electron chi connectivity index (χ0n) is 14.1. The molecule has 1 aromatic heterocycles. The quantitative estimate of drug-likeness (QED) is 0.340. The number of hydrogen-bond acceptors (Lipinski definition) is 3. The predicted octanol–water partition coefficient (Wildman–Crippen LogP) is 3.51. The lowest BCUT2D eigenvalue weighted by molar-refractivity contribution is -0.114. The number of amides is 1. The van der Waals surface area contributed by atoms with E-state index in [-0.39, 0.29) is 42.2 Å². The summed E-state index contributed by atoms with van der Waals surface area (Å²) in [6.07, 6.45) is 0. The Kier molecular flexibility index (Phi) is 9.43. The highest BCUT2D eigenvalue weighted by molar-refractivity contribution is 14.0. The Morgan fingerprint density at radius 3 is 2.48 bits per heavy atom. The Bertz CT molecular complexity index is 703. The molecule has 1 heterocycles. The molecular weight excluding hydrogens is 454 g/mol. The summed E-state index contributed by atoms with van der Waals surface area (Å²) in [4.78, 5) is 18.6. The number of carbonyl (C=O) groups excluding carboxylic acids is 1. The number of guanidine groups is 1. The number of anilines is 1. The summed E-state index contributed by atoms with van der Waals surface area (Å²) in [5, 5.41) is 8.97. The molecule has 0 aliphatic heterocycles. The maximum Gasteiger partial charge on any atom is 0.246 e. The summed E-state index contributed by atoms with van der Waals surface area (Å²) < 4.78 is 12.8. The van der Waals surface area contributed by atoms with Crippen molar-refractivity contribution in [1.82, 2.24) is 10.6 Å². The maximum absolute atomic E-state index is 12.8.